The van der Waals surface area contributed by atoms with Crippen LogP contribution in [0.25, 0.3) is 0 Å². The molecular formula is C23H32N4O3. The molecule has 7 heteroatoms. The molecule has 2 heterocycles. The van der Waals surface area contributed by atoms with E-state index in [0.717, 1.165) is 35.7 Å². The molecule has 0 bridgehead atoms. The highest BCUT2D eigenvalue weighted by atomic mass is 16.5. The second-order valence-corrected chi connectivity index (χ2v) is 8.64. The lowest BCUT2D eigenvalue weighted by molar-refractivity contribution is 0.240. The van der Waals surface area contributed by atoms with Gasteiger partial charge in [0.15, 0.2) is 11.5 Å². The topological polar surface area (TPSA) is 74.3 Å². The first-order valence-corrected chi connectivity index (χ1v) is 10.2. The maximum absolute atomic E-state index is 5.98. The van der Waals surface area contributed by atoms with Gasteiger partial charge in [-0.05, 0) is 37.0 Å². The molecule has 30 heavy (non-hydrogen) atoms. The number of nitrogens with zero attached hydrogens (tertiary/aromatic N) is 3. The summed E-state index contributed by atoms with van der Waals surface area (Å²) >= 11 is 0. The molecule has 1 unspecified atom stereocenters. The van der Waals surface area contributed by atoms with Gasteiger partial charge in [-0.15, -0.1) is 0 Å². The minimum Gasteiger partial charge on any atom is -0.493 e. The van der Waals surface area contributed by atoms with Crippen molar-refractivity contribution < 1.29 is 14.0 Å². The van der Waals surface area contributed by atoms with Gasteiger partial charge in [-0.2, -0.15) is 0 Å². The molecule has 3 aromatic rings. The molecule has 3 rings (SSSR count). The SMILES string of the molecule is COc1cc(CNC(Cn2ccnc2)C(C)(C)C)ccc1OCc1c(C)noc1C. The summed E-state index contributed by atoms with van der Waals surface area (Å²) in [5.74, 6) is 2.19. The molecule has 0 aliphatic rings. The van der Waals surface area contributed by atoms with E-state index >= 15 is 0 Å². The molecule has 0 amide bonds. The first-order chi connectivity index (χ1) is 14.3. The van der Waals surface area contributed by atoms with Gasteiger partial charge < -0.3 is 23.9 Å². The summed E-state index contributed by atoms with van der Waals surface area (Å²) in [6.07, 6.45) is 5.66. The maximum atomic E-state index is 5.98. The van der Waals surface area contributed by atoms with Gasteiger partial charge in [0.2, 0.25) is 0 Å². The van der Waals surface area contributed by atoms with Crippen LogP contribution < -0.4 is 14.8 Å². The van der Waals surface area contributed by atoms with Crippen LogP contribution in [0, 0.1) is 19.3 Å². The molecule has 0 aliphatic heterocycles. The minimum absolute atomic E-state index is 0.103. The molecule has 0 saturated carbocycles. The number of aromatic nitrogens is 3. The third-order valence-corrected chi connectivity index (χ3v) is 5.33. The number of imidazole rings is 1. The van der Waals surface area contributed by atoms with Crippen LogP contribution in [-0.4, -0.2) is 27.9 Å². The zero-order chi connectivity index (χ0) is 21.7. The van der Waals surface area contributed by atoms with Gasteiger partial charge in [0.1, 0.15) is 12.4 Å². The summed E-state index contributed by atoms with van der Waals surface area (Å²) in [6, 6.07) is 6.32. The number of ether oxygens (including phenoxy) is 2. The summed E-state index contributed by atoms with van der Waals surface area (Å²) in [7, 11) is 1.66. The first-order valence-electron chi connectivity index (χ1n) is 10.2. The molecule has 7 nitrogen and oxygen atoms in total. The van der Waals surface area contributed by atoms with E-state index in [2.05, 4.69) is 46.9 Å². The van der Waals surface area contributed by atoms with Gasteiger partial charge in [-0.3, -0.25) is 0 Å². The molecular weight excluding hydrogens is 380 g/mol. The number of nitrogens with one attached hydrogen (secondary N) is 1. The molecule has 0 fully saturated rings. The molecule has 0 spiro atoms. The van der Waals surface area contributed by atoms with E-state index in [9.17, 15) is 0 Å². The van der Waals surface area contributed by atoms with Crippen molar-refractivity contribution >= 4 is 0 Å². The molecule has 0 aliphatic carbocycles. The number of aryl methyl sites for hydroxylation is 2. The monoisotopic (exact) mass is 412 g/mol. The van der Waals surface area contributed by atoms with Crippen LogP contribution in [0.5, 0.6) is 11.5 Å². The van der Waals surface area contributed by atoms with E-state index in [0.29, 0.717) is 18.1 Å². The van der Waals surface area contributed by atoms with Gasteiger partial charge in [0.25, 0.3) is 0 Å². The predicted octanol–water partition coefficient (Wildman–Crippen LogP) is 4.28. The number of methoxy groups -OCH3 is 1. The van der Waals surface area contributed by atoms with Crippen molar-refractivity contribution in [1.82, 2.24) is 20.0 Å². The Labute approximate surface area is 178 Å². The normalized spacial score (nSPS) is 12.7. The van der Waals surface area contributed by atoms with Crippen LogP contribution in [0.4, 0.5) is 0 Å². The quantitative estimate of drug-likeness (QED) is 0.565. The molecule has 162 valence electrons. The van der Waals surface area contributed by atoms with Crippen molar-refractivity contribution in [2.75, 3.05) is 7.11 Å². The average Bonchev–Trinajstić information content (AvgIpc) is 3.33. The Bertz CT molecular complexity index is 923. The molecule has 1 aromatic carbocycles. The largest absolute Gasteiger partial charge is 0.493 e. The van der Waals surface area contributed by atoms with Crippen LogP contribution in [0.2, 0.25) is 0 Å². The lowest BCUT2D eigenvalue weighted by atomic mass is 9.86. The van der Waals surface area contributed by atoms with Crippen molar-refractivity contribution in [2.45, 2.75) is 60.4 Å². The van der Waals surface area contributed by atoms with E-state index < -0.39 is 0 Å². The summed E-state index contributed by atoms with van der Waals surface area (Å²) < 4.78 is 18.9. The summed E-state index contributed by atoms with van der Waals surface area (Å²) in [5.41, 5.74) is 3.05. The third-order valence-electron chi connectivity index (χ3n) is 5.33. The van der Waals surface area contributed by atoms with Crippen LogP contribution in [0.3, 0.4) is 0 Å². The molecule has 1 atom stereocenters. The van der Waals surface area contributed by atoms with Crippen LogP contribution >= 0.6 is 0 Å². The fourth-order valence-electron chi connectivity index (χ4n) is 3.29. The van der Waals surface area contributed by atoms with Crippen molar-refractivity contribution in [3.05, 3.63) is 59.5 Å². The Morgan fingerprint density at radius 1 is 1.20 bits per heavy atom. The Hall–Kier alpha value is -2.80. The number of hydrogen-bond donors (Lipinski definition) is 1. The fourth-order valence-corrected chi connectivity index (χ4v) is 3.29. The van der Waals surface area contributed by atoms with Crippen LogP contribution in [0.1, 0.15) is 43.4 Å². The predicted molar refractivity (Wildman–Crippen MR) is 116 cm³/mol. The van der Waals surface area contributed by atoms with E-state index in [1.54, 1.807) is 7.11 Å². The lowest BCUT2D eigenvalue weighted by Gasteiger charge is -2.32. The summed E-state index contributed by atoms with van der Waals surface area (Å²) in [5, 5.41) is 7.66. The minimum atomic E-state index is 0.103. The van der Waals surface area contributed by atoms with Crippen molar-refractivity contribution in [3.63, 3.8) is 0 Å². The standard InChI is InChI=1S/C23H32N4O3/c1-16-19(17(2)30-26-16)14-29-20-8-7-18(11-21(20)28-6)12-25-22(23(3,4)5)13-27-10-9-24-15-27/h7-11,15,22,25H,12-14H2,1-6H3. The van der Waals surface area contributed by atoms with Gasteiger partial charge in [0.05, 0.1) is 24.7 Å². The van der Waals surface area contributed by atoms with Crippen molar-refractivity contribution in [3.8, 4) is 11.5 Å². The van der Waals surface area contributed by atoms with E-state index in [4.69, 9.17) is 14.0 Å². The fraction of sp³-hybridized carbons (Fsp3) is 0.478. The van der Waals surface area contributed by atoms with Crippen LogP contribution in [0.15, 0.2) is 41.4 Å². The van der Waals surface area contributed by atoms with E-state index in [1.807, 2.05) is 44.7 Å². The second kappa shape index (κ2) is 9.34. The van der Waals surface area contributed by atoms with E-state index in [1.165, 1.54) is 0 Å². The van der Waals surface area contributed by atoms with Crippen molar-refractivity contribution in [1.29, 1.82) is 0 Å². The first kappa shape index (κ1) is 21.9. The maximum Gasteiger partial charge on any atom is 0.161 e. The third kappa shape index (κ3) is 5.42. The Morgan fingerprint density at radius 2 is 2.00 bits per heavy atom. The van der Waals surface area contributed by atoms with Gasteiger partial charge >= 0.3 is 0 Å². The smallest absolute Gasteiger partial charge is 0.161 e. The Kier molecular flexibility index (Phi) is 6.82. The van der Waals surface area contributed by atoms with Gasteiger partial charge in [-0.25, -0.2) is 4.98 Å². The van der Waals surface area contributed by atoms with Crippen LogP contribution in [-0.2, 0) is 19.7 Å². The molecule has 2 aromatic heterocycles. The average molecular weight is 413 g/mol. The molecule has 1 N–H and O–H groups in total. The molecule has 0 radical (unpaired) electrons. The summed E-state index contributed by atoms with van der Waals surface area (Å²) in [4.78, 5) is 4.15. The number of hydrogen-bond acceptors (Lipinski definition) is 6. The number of rotatable bonds is 9. The zero-order valence-electron chi connectivity index (χ0n) is 18.7. The highest BCUT2D eigenvalue weighted by Gasteiger charge is 2.24. The van der Waals surface area contributed by atoms with Crippen molar-refractivity contribution in [2.24, 2.45) is 5.41 Å². The van der Waals surface area contributed by atoms with Gasteiger partial charge in [-0.1, -0.05) is 32.0 Å². The number of benzene rings is 1. The molecule has 0 saturated heterocycles. The zero-order valence-corrected chi connectivity index (χ0v) is 18.7. The highest BCUT2D eigenvalue weighted by Crippen LogP contribution is 2.30. The lowest BCUT2D eigenvalue weighted by Crippen LogP contribution is -2.42. The summed E-state index contributed by atoms with van der Waals surface area (Å²) in [6.45, 7) is 12.5. The van der Waals surface area contributed by atoms with Gasteiger partial charge in [0, 0.05) is 31.5 Å². The van der Waals surface area contributed by atoms with E-state index in [-0.39, 0.29) is 11.5 Å². The Balaban J connectivity index is 1.66. The highest BCUT2D eigenvalue weighted by molar-refractivity contribution is 5.43. The Morgan fingerprint density at radius 3 is 2.60 bits per heavy atom. The second-order valence-electron chi connectivity index (χ2n) is 8.64.